The number of halogens is 5. The van der Waals surface area contributed by atoms with Crippen molar-refractivity contribution < 1.29 is 35.8 Å². The summed E-state index contributed by atoms with van der Waals surface area (Å²) in [5.41, 5.74) is -1.64. The second-order valence-electron chi connectivity index (χ2n) is 8.69. The Morgan fingerprint density at radius 2 is 1.73 bits per heavy atom. The molecule has 2 bridgehead atoms. The number of rotatable bonds is 9. The highest BCUT2D eigenvalue weighted by Crippen LogP contribution is 2.60. The molecule has 1 unspecified atom stereocenters. The van der Waals surface area contributed by atoms with Crippen molar-refractivity contribution in [1.82, 2.24) is 10.0 Å². The van der Waals surface area contributed by atoms with Crippen molar-refractivity contribution in [2.24, 2.45) is 0 Å². The number of hydrogen-bond acceptors (Lipinski definition) is 5. The van der Waals surface area contributed by atoms with E-state index in [4.69, 9.17) is 16.3 Å². The van der Waals surface area contributed by atoms with Gasteiger partial charge in [0.05, 0.1) is 16.3 Å². The average Bonchev–Trinajstić information content (AvgIpc) is 2.65. The summed E-state index contributed by atoms with van der Waals surface area (Å²) in [6, 6.07) is 7.93. The number of ether oxygens (including phenoxy) is 1. The molecule has 2 aromatic carbocycles. The topological polar surface area (TPSA) is 87.7 Å². The lowest BCUT2D eigenvalue weighted by molar-refractivity contribution is -0.137. The highest BCUT2D eigenvalue weighted by Gasteiger charge is 2.69. The number of aliphatic hydroxyl groups is 1. The number of aliphatic hydroxyl groups excluding tert-OH is 1. The lowest BCUT2D eigenvalue weighted by Crippen LogP contribution is -2.84. The van der Waals surface area contributed by atoms with Crippen molar-refractivity contribution in [2.75, 3.05) is 6.61 Å². The largest absolute Gasteiger partial charge is 0.489 e. The van der Waals surface area contributed by atoms with E-state index in [1.807, 2.05) is 0 Å². The lowest BCUT2D eigenvalue weighted by atomic mass is 9.44. The molecule has 0 saturated heterocycles. The van der Waals surface area contributed by atoms with Gasteiger partial charge < -0.3 is 9.84 Å². The first-order chi connectivity index (χ1) is 15.3. The summed E-state index contributed by atoms with van der Waals surface area (Å²) >= 11 is 5.61. The van der Waals surface area contributed by atoms with Crippen LogP contribution >= 0.6 is 11.6 Å². The van der Waals surface area contributed by atoms with Crippen LogP contribution in [0.1, 0.15) is 30.4 Å². The molecule has 5 rings (SSSR count). The number of sulfonamides is 1. The maximum absolute atomic E-state index is 13.4. The Kier molecular flexibility index (Phi) is 6.15. The van der Waals surface area contributed by atoms with E-state index in [0.29, 0.717) is 19.3 Å². The molecule has 1 atom stereocenters. The molecular formula is C21H21ClF4N2O4S. The predicted octanol–water partition coefficient (Wildman–Crippen LogP) is 3.58. The van der Waals surface area contributed by atoms with E-state index in [2.05, 4.69) is 10.0 Å². The summed E-state index contributed by atoms with van der Waals surface area (Å²) in [7, 11) is -3.77. The zero-order chi connectivity index (χ0) is 24.1. The highest BCUT2D eigenvalue weighted by atomic mass is 35.5. The van der Waals surface area contributed by atoms with Crippen LogP contribution in [0.3, 0.4) is 0 Å². The Balaban J connectivity index is 1.24. The van der Waals surface area contributed by atoms with Gasteiger partial charge in [0.1, 0.15) is 24.4 Å². The minimum absolute atomic E-state index is 0.0408. The van der Waals surface area contributed by atoms with E-state index >= 15 is 0 Å². The van der Waals surface area contributed by atoms with Gasteiger partial charge in [-0.15, -0.1) is 0 Å². The third kappa shape index (κ3) is 5.43. The maximum atomic E-state index is 13.4. The van der Waals surface area contributed by atoms with Gasteiger partial charge >= 0.3 is 6.18 Å². The van der Waals surface area contributed by atoms with Crippen LogP contribution in [0.25, 0.3) is 0 Å². The van der Waals surface area contributed by atoms with Crippen LogP contribution < -0.4 is 14.8 Å². The Morgan fingerprint density at radius 3 is 2.30 bits per heavy atom. The Morgan fingerprint density at radius 1 is 1.09 bits per heavy atom. The quantitative estimate of drug-likeness (QED) is 0.356. The second-order valence-corrected chi connectivity index (χ2v) is 10.8. The number of hydrogen-bond donors (Lipinski definition) is 3. The van der Waals surface area contributed by atoms with E-state index in [9.17, 15) is 31.1 Å². The predicted molar refractivity (Wildman–Crippen MR) is 113 cm³/mol. The SMILES string of the molecule is O=S(=O)(Cc1ccc(C(F)(F)F)cc1)NC12CC(NC(O)COc3ccc(Cl)c(F)c3)(C1)C2. The number of benzene rings is 2. The molecular weight excluding hydrogens is 488 g/mol. The summed E-state index contributed by atoms with van der Waals surface area (Å²) in [6.07, 6.45) is -4.16. The van der Waals surface area contributed by atoms with Gasteiger partial charge in [0.2, 0.25) is 10.0 Å². The van der Waals surface area contributed by atoms with Crippen LogP contribution in [0.5, 0.6) is 5.75 Å². The van der Waals surface area contributed by atoms with E-state index in [0.717, 1.165) is 30.3 Å². The Bertz CT molecular complexity index is 1120. The van der Waals surface area contributed by atoms with Crippen molar-refractivity contribution in [2.45, 2.75) is 48.5 Å². The molecule has 3 saturated carbocycles. The Labute approximate surface area is 192 Å². The molecule has 3 N–H and O–H groups in total. The standard InChI is InChI=1S/C21H21ClF4N2O4S/c22-16-6-5-15(7-17(16)23)32-8-18(29)27-19-10-20(11-19,12-19)28-33(30,31)9-13-1-3-14(4-2-13)21(24,25)26/h1-7,18,27-29H,8-12H2. The monoisotopic (exact) mass is 508 g/mol. The van der Waals surface area contributed by atoms with Crippen LogP contribution in [0, 0.1) is 5.82 Å². The molecule has 2 aromatic rings. The van der Waals surface area contributed by atoms with E-state index in [1.165, 1.54) is 12.1 Å². The fourth-order valence-electron chi connectivity index (χ4n) is 4.56. The maximum Gasteiger partial charge on any atom is 0.416 e. The van der Waals surface area contributed by atoms with Gasteiger partial charge in [-0.1, -0.05) is 23.7 Å². The summed E-state index contributed by atoms with van der Waals surface area (Å²) in [5.74, 6) is -0.856. The van der Waals surface area contributed by atoms with Crippen molar-refractivity contribution >= 4 is 21.6 Å². The summed E-state index contributed by atoms with van der Waals surface area (Å²) in [5, 5.41) is 13.1. The molecule has 0 radical (unpaired) electrons. The fourth-order valence-corrected chi connectivity index (χ4v) is 6.26. The van der Waals surface area contributed by atoms with Gasteiger partial charge in [-0.3, -0.25) is 5.32 Å². The molecule has 33 heavy (non-hydrogen) atoms. The average molecular weight is 509 g/mol. The van der Waals surface area contributed by atoms with E-state index < -0.39 is 50.6 Å². The lowest BCUT2D eigenvalue weighted by Gasteiger charge is -2.70. The molecule has 0 spiro atoms. The molecule has 3 aliphatic carbocycles. The molecule has 0 amide bonds. The van der Waals surface area contributed by atoms with Gasteiger partial charge in [0.15, 0.2) is 0 Å². The van der Waals surface area contributed by atoms with Crippen LogP contribution in [0.15, 0.2) is 42.5 Å². The molecule has 6 nitrogen and oxygen atoms in total. The molecule has 3 fully saturated rings. The van der Waals surface area contributed by atoms with Gasteiger partial charge in [-0.2, -0.15) is 13.2 Å². The first-order valence-corrected chi connectivity index (χ1v) is 12.0. The van der Waals surface area contributed by atoms with Gasteiger partial charge in [0, 0.05) is 17.1 Å². The van der Waals surface area contributed by atoms with E-state index in [1.54, 1.807) is 0 Å². The minimum Gasteiger partial charge on any atom is -0.489 e. The molecule has 0 heterocycles. The molecule has 12 heteroatoms. The van der Waals surface area contributed by atoms with Crippen LogP contribution in [-0.2, 0) is 22.0 Å². The van der Waals surface area contributed by atoms with Crippen molar-refractivity contribution in [3.63, 3.8) is 0 Å². The second kappa shape index (κ2) is 8.38. The zero-order valence-corrected chi connectivity index (χ0v) is 18.7. The summed E-state index contributed by atoms with van der Waals surface area (Å²) < 4.78 is 84.3. The first kappa shape index (κ1) is 24.2. The van der Waals surface area contributed by atoms with Crippen molar-refractivity contribution in [3.8, 4) is 5.75 Å². The zero-order valence-electron chi connectivity index (χ0n) is 17.1. The molecule has 0 aromatic heterocycles. The number of nitrogens with one attached hydrogen (secondary N) is 2. The highest BCUT2D eigenvalue weighted by molar-refractivity contribution is 7.88. The first-order valence-electron chi connectivity index (χ1n) is 10.0. The van der Waals surface area contributed by atoms with Gasteiger partial charge in [0.25, 0.3) is 0 Å². The normalized spacial score (nSPS) is 25.2. The molecule has 3 aliphatic rings. The summed E-state index contributed by atoms with van der Waals surface area (Å²) in [4.78, 5) is 0. The van der Waals surface area contributed by atoms with Crippen LogP contribution in [0.2, 0.25) is 5.02 Å². The Hall–Kier alpha value is -1.92. The van der Waals surface area contributed by atoms with Crippen LogP contribution in [0.4, 0.5) is 17.6 Å². The summed E-state index contributed by atoms with van der Waals surface area (Å²) in [6.45, 7) is -0.143. The van der Waals surface area contributed by atoms with E-state index in [-0.39, 0.29) is 22.9 Å². The van der Waals surface area contributed by atoms with Crippen molar-refractivity contribution in [3.05, 3.63) is 64.4 Å². The third-order valence-electron chi connectivity index (χ3n) is 5.81. The molecule has 180 valence electrons. The van der Waals surface area contributed by atoms with Crippen molar-refractivity contribution in [1.29, 1.82) is 0 Å². The fraction of sp³-hybridized carbons (Fsp3) is 0.429. The minimum atomic E-state index is -4.48. The smallest absolute Gasteiger partial charge is 0.416 e. The van der Waals surface area contributed by atoms with Gasteiger partial charge in [-0.05, 0) is 49.1 Å². The number of alkyl halides is 3. The van der Waals surface area contributed by atoms with Crippen LogP contribution in [-0.4, -0.2) is 37.4 Å². The molecule has 0 aliphatic heterocycles. The van der Waals surface area contributed by atoms with Gasteiger partial charge in [-0.25, -0.2) is 17.5 Å². The third-order valence-corrected chi connectivity index (χ3v) is 7.58.